The van der Waals surface area contributed by atoms with Crippen molar-refractivity contribution in [1.82, 2.24) is 5.32 Å². The van der Waals surface area contributed by atoms with E-state index in [2.05, 4.69) is 11.9 Å². The summed E-state index contributed by atoms with van der Waals surface area (Å²) in [5.74, 6) is 0. The quantitative estimate of drug-likeness (QED) is 0.489. The van der Waals surface area contributed by atoms with Crippen molar-refractivity contribution in [2.24, 2.45) is 0 Å². The Bertz CT molecular complexity index is 173. The number of aliphatic hydroxyl groups is 1. The molecule has 0 saturated heterocycles. The van der Waals surface area contributed by atoms with Gasteiger partial charge in [0.2, 0.25) is 0 Å². The maximum atomic E-state index is 9.69. The molecule has 2 nitrogen and oxygen atoms in total. The van der Waals surface area contributed by atoms with Gasteiger partial charge in [0.1, 0.15) is 6.23 Å². The Morgan fingerprint density at radius 1 is 1.54 bits per heavy atom. The summed E-state index contributed by atoms with van der Waals surface area (Å²) in [7, 11) is 0. The zero-order valence-electron chi connectivity index (χ0n) is 8.88. The zero-order chi connectivity index (χ0) is 10.3. The van der Waals surface area contributed by atoms with Crippen molar-refractivity contribution in [1.29, 1.82) is 0 Å². The second-order valence-corrected chi connectivity index (χ2v) is 3.41. The van der Waals surface area contributed by atoms with Gasteiger partial charge in [0, 0.05) is 6.04 Å². The van der Waals surface area contributed by atoms with Crippen LogP contribution in [0.5, 0.6) is 0 Å². The number of rotatable bonds is 6. The number of nitrogens with one attached hydrogen (secondary N) is 1. The third-order valence-corrected chi connectivity index (χ3v) is 1.85. The van der Waals surface area contributed by atoms with E-state index in [-0.39, 0.29) is 0 Å². The maximum Gasteiger partial charge on any atom is 0.127 e. The van der Waals surface area contributed by atoms with Gasteiger partial charge in [0.05, 0.1) is 0 Å². The Morgan fingerprint density at radius 3 is 2.54 bits per heavy atom. The predicted molar refractivity (Wildman–Crippen MR) is 57.5 cm³/mol. The molecule has 0 bridgehead atoms. The van der Waals surface area contributed by atoms with Gasteiger partial charge in [-0.3, -0.25) is 5.32 Å². The number of hydrogen-bond acceptors (Lipinski definition) is 2. The van der Waals surface area contributed by atoms with Crippen molar-refractivity contribution in [3.8, 4) is 0 Å². The van der Waals surface area contributed by atoms with E-state index >= 15 is 0 Å². The lowest BCUT2D eigenvalue weighted by Gasteiger charge is -2.18. The van der Waals surface area contributed by atoms with E-state index in [1.807, 2.05) is 32.9 Å². The SMILES string of the molecule is C=CCCC(=CC)C(O)NC(C)C. The molecule has 2 heteroatoms. The topological polar surface area (TPSA) is 32.3 Å². The van der Waals surface area contributed by atoms with Crippen LogP contribution in [0.3, 0.4) is 0 Å². The van der Waals surface area contributed by atoms with Crippen molar-refractivity contribution >= 4 is 0 Å². The molecular formula is C11H21NO. The first-order chi connectivity index (χ1) is 6.11. The molecule has 76 valence electrons. The average molecular weight is 183 g/mol. The highest BCUT2D eigenvalue weighted by Gasteiger charge is 2.09. The summed E-state index contributed by atoms with van der Waals surface area (Å²) in [5, 5.41) is 12.7. The first kappa shape index (κ1) is 12.4. The average Bonchev–Trinajstić information content (AvgIpc) is 2.04. The lowest BCUT2D eigenvalue weighted by Crippen LogP contribution is -2.35. The van der Waals surface area contributed by atoms with Gasteiger partial charge in [-0.25, -0.2) is 0 Å². The zero-order valence-corrected chi connectivity index (χ0v) is 8.88. The van der Waals surface area contributed by atoms with Gasteiger partial charge in [-0.15, -0.1) is 6.58 Å². The second kappa shape index (κ2) is 6.87. The van der Waals surface area contributed by atoms with E-state index < -0.39 is 6.23 Å². The lowest BCUT2D eigenvalue weighted by atomic mass is 10.1. The molecule has 1 atom stereocenters. The highest BCUT2D eigenvalue weighted by Crippen LogP contribution is 2.09. The van der Waals surface area contributed by atoms with E-state index in [1.54, 1.807) is 0 Å². The fourth-order valence-corrected chi connectivity index (χ4v) is 1.13. The Labute approximate surface area is 81.4 Å². The number of hydrogen-bond donors (Lipinski definition) is 2. The Hall–Kier alpha value is -0.600. The second-order valence-electron chi connectivity index (χ2n) is 3.41. The molecule has 0 radical (unpaired) electrons. The molecule has 0 spiro atoms. The Balaban J connectivity index is 4.00. The van der Waals surface area contributed by atoms with E-state index in [1.165, 1.54) is 0 Å². The molecule has 0 aromatic rings. The van der Waals surface area contributed by atoms with Crippen molar-refractivity contribution in [2.45, 2.75) is 45.9 Å². The monoisotopic (exact) mass is 183 g/mol. The third-order valence-electron chi connectivity index (χ3n) is 1.85. The number of allylic oxidation sites excluding steroid dienone is 2. The Kier molecular flexibility index (Phi) is 6.55. The normalized spacial score (nSPS) is 14.7. The molecule has 0 aliphatic heterocycles. The molecular weight excluding hydrogens is 162 g/mol. The smallest absolute Gasteiger partial charge is 0.127 e. The van der Waals surface area contributed by atoms with Gasteiger partial charge in [0.25, 0.3) is 0 Å². The summed E-state index contributed by atoms with van der Waals surface area (Å²) < 4.78 is 0. The minimum atomic E-state index is -0.509. The molecule has 0 aliphatic rings. The summed E-state index contributed by atoms with van der Waals surface area (Å²) in [6, 6.07) is 0.300. The van der Waals surface area contributed by atoms with Gasteiger partial charge in [-0.05, 0) is 39.2 Å². The van der Waals surface area contributed by atoms with Crippen LogP contribution in [0.15, 0.2) is 24.3 Å². The lowest BCUT2D eigenvalue weighted by molar-refractivity contribution is 0.158. The highest BCUT2D eigenvalue weighted by molar-refractivity contribution is 5.06. The van der Waals surface area contributed by atoms with Gasteiger partial charge >= 0.3 is 0 Å². The van der Waals surface area contributed by atoms with Gasteiger partial charge in [0.15, 0.2) is 0 Å². The summed E-state index contributed by atoms with van der Waals surface area (Å²) in [5.41, 5.74) is 1.04. The van der Waals surface area contributed by atoms with Crippen molar-refractivity contribution in [2.75, 3.05) is 0 Å². The van der Waals surface area contributed by atoms with Gasteiger partial charge in [-0.2, -0.15) is 0 Å². The maximum absolute atomic E-state index is 9.69. The van der Waals surface area contributed by atoms with E-state index in [4.69, 9.17) is 0 Å². The van der Waals surface area contributed by atoms with Crippen LogP contribution in [0.1, 0.15) is 33.6 Å². The van der Waals surface area contributed by atoms with Crippen molar-refractivity contribution < 1.29 is 5.11 Å². The first-order valence-corrected chi connectivity index (χ1v) is 4.82. The minimum Gasteiger partial charge on any atom is -0.375 e. The molecule has 2 N–H and O–H groups in total. The molecule has 0 aliphatic carbocycles. The molecule has 0 rings (SSSR count). The standard InChI is InChI=1S/C11H21NO/c1-5-7-8-10(6-2)11(13)12-9(3)4/h5-6,9,11-13H,1,7-8H2,2-4H3. The third kappa shape index (κ3) is 5.61. The molecule has 0 fully saturated rings. The van der Waals surface area contributed by atoms with Crippen LogP contribution in [0, 0.1) is 0 Å². The summed E-state index contributed by atoms with van der Waals surface area (Å²) >= 11 is 0. The van der Waals surface area contributed by atoms with Crippen LogP contribution in [-0.2, 0) is 0 Å². The van der Waals surface area contributed by atoms with Gasteiger partial charge in [-0.1, -0.05) is 12.2 Å². The highest BCUT2D eigenvalue weighted by atomic mass is 16.3. The van der Waals surface area contributed by atoms with E-state index in [0.717, 1.165) is 18.4 Å². The molecule has 13 heavy (non-hydrogen) atoms. The van der Waals surface area contributed by atoms with Crippen LogP contribution in [-0.4, -0.2) is 17.4 Å². The first-order valence-electron chi connectivity index (χ1n) is 4.82. The molecule has 0 saturated carbocycles. The number of aliphatic hydroxyl groups excluding tert-OH is 1. The van der Waals surface area contributed by atoms with Crippen LogP contribution in [0.2, 0.25) is 0 Å². The largest absolute Gasteiger partial charge is 0.375 e. The summed E-state index contributed by atoms with van der Waals surface area (Å²) in [6.07, 6.45) is 5.11. The Morgan fingerprint density at radius 2 is 2.15 bits per heavy atom. The summed E-state index contributed by atoms with van der Waals surface area (Å²) in [4.78, 5) is 0. The predicted octanol–water partition coefficient (Wildman–Crippen LogP) is 2.22. The van der Waals surface area contributed by atoms with Gasteiger partial charge < -0.3 is 5.11 Å². The fraction of sp³-hybridized carbons (Fsp3) is 0.636. The molecule has 1 unspecified atom stereocenters. The molecule has 0 aromatic heterocycles. The summed E-state index contributed by atoms with van der Waals surface area (Å²) in [6.45, 7) is 9.64. The van der Waals surface area contributed by atoms with E-state index in [0.29, 0.717) is 6.04 Å². The fourth-order valence-electron chi connectivity index (χ4n) is 1.13. The molecule has 0 aromatic carbocycles. The molecule has 0 heterocycles. The molecule has 0 amide bonds. The van der Waals surface area contributed by atoms with Crippen molar-refractivity contribution in [3.05, 3.63) is 24.3 Å². The minimum absolute atomic E-state index is 0.300. The van der Waals surface area contributed by atoms with Crippen molar-refractivity contribution in [3.63, 3.8) is 0 Å². The van der Waals surface area contributed by atoms with Crippen LogP contribution in [0.25, 0.3) is 0 Å². The van der Waals surface area contributed by atoms with Crippen LogP contribution >= 0.6 is 0 Å². The van der Waals surface area contributed by atoms with Crippen LogP contribution < -0.4 is 5.32 Å². The van der Waals surface area contributed by atoms with Crippen LogP contribution in [0.4, 0.5) is 0 Å². The van der Waals surface area contributed by atoms with E-state index in [9.17, 15) is 5.11 Å².